The highest BCUT2D eigenvalue weighted by Gasteiger charge is 2.14. The topological polar surface area (TPSA) is 45.2 Å². The van der Waals surface area contributed by atoms with E-state index in [4.69, 9.17) is 4.98 Å². The summed E-state index contributed by atoms with van der Waals surface area (Å²) < 4.78 is 0. The normalized spacial score (nSPS) is 13.6. The summed E-state index contributed by atoms with van der Waals surface area (Å²) in [7, 11) is 0. The molecule has 0 radical (unpaired) electrons. The molecule has 146 valence electrons. The van der Waals surface area contributed by atoms with Crippen molar-refractivity contribution in [1.82, 2.24) is 15.2 Å². The standard InChI is InChI=1S/C22H31N3OS/c1-3-25(4-2)16-17-11-13-18(14-12-17)22(26)23-15-7-10-21-24-19-8-5-6-9-20(19)27-21/h11-14H,3-10,15-16H2,1-2H3,(H,23,26). The molecule has 1 N–H and O–H groups in total. The summed E-state index contributed by atoms with van der Waals surface area (Å²) in [6, 6.07) is 7.99. The van der Waals surface area contributed by atoms with Gasteiger partial charge in [-0.15, -0.1) is 11.3 Å². The number of rotatable bonds is 9. The molecule has 0 unspecified atom stereocenters. The van der Waals surface area contributed by atoms with Crippen molar-refractivity contribution in [3.8, 4) is 0 Å². The maximum atomic E-state index is 12.3. The Morgan fingerprint density at radius 1 is 1.15 bits per heavy atom. The van der Waals surface area contributed by atoms with Crippen LogP contribution in [0.3, 0.4) is 0 Å². The molecule has 0 fully saturated rings. The zero-order valence-electron chi connectivity index (χ0n) is 16.6. The lowest BCUT2D eigenvalue weighted by Crippen LogP contribution is -2.25. The van der Waals surface area contributed by atoms with Crippen LogP contribution in [0.4, 0.5) is 0 Å². The third-order valence-electron chi connectivity index (χ3n) is 5.26. The molecular weight excluding hydrogens is 354 g/mol. The third kappa shape index (κ3) is 5.63. The predicted octanol–water partition coefficient (Wildman–Crippen LogP) is 4.23. The van der Waals surface area contributed by atoms with Gasteiger partial charge in [0.2, 0.25) is 0 Å². The maximum absolute atomic E-state index is 12.3. The molecule has 1 heterocycles. The number of aryl methyl sites for hydroxylation is 3. The minimum Gasteiger partial charge on any atom is -0.352 e. The van der Waals surface area contributed by atoms with Gasteiger partial charge in [-0.1, -0.05) is 26.0 Å². The van der Waals surface area contributed by atoms with Crippen molar-refractivity contribution < 1.29 is 4.79 Å². The molecule has 27 heavy (non-hydrogen) atoms. The van der Waals surface area contributed by atoms with Crippen molar-refractivity contribution in [2.24, 2.45) is 0 Å². The Labute approximate surface area is 167 Å². The predicted molar refractivity (Wildman–Crippen MR) is 112 cm³/mol. The summed E-state index contributed by atoms with van der Waals surface area (Å²) in [5.41, 5.74) is 3.32. The van der Waals surface area contributed by atoms with Crippen molar-refractivity contribution >= 4 is 17.2 Å². The second-order valence-corrected chi connectivity index (χ2v) is 8.37. The molecule has 1 amide bonds. The van der Waals surface area contributed by atoms with Gasteiger partial charge in [-0.25, -0.2) is 4.98 Å². The van der Waals surface area contributed by atoms with Crippen molar-refractivity contribution in [1.29, 1.82) is 0 Å². The monoisotopic (exact) mass is 385 g/mol. The summed E-state index contributed by atoms with van der Waals surface area (Å²) in [4.78, 5) is 21.0. The van der Waals surface area contributed by atoms with Crippen LogP contribution >= 0.6 is 11.3 Å². The van der Waals surface area contributed by atoms with Crippen LogP contribution in [0.2, 0.25) is 0 Å². The first kappa shape index (κ1) is 20.0. The Bertz CT molecular complexity index is 711. The van der Waals surface area contributed by atoms with Gasteiger partial charge in [0.15, 0.2) is 0 Å². The van der Waals surface area contributed by atoms with E-state index >= 15 is 0 Å². The number of hydrogen-bond donors (Lipinski definition) is 1. The van der Waals surface area contributed by atoms with Crippen LogP contribution in [0, 0.1) is 0 Å². The van der Waals surface area contributed by atoms with E-state index in [1.807, 2.05) is 23.5 Å². The number of hydrogen-bond acceptors (Lipinski definition) is 4. The fourth-order valence-corrected chi connectivity index (χ4v) is 4.72. The fourth-order valence-electron chi connectivity index (χ4n) is 3.52. The van der Waals surface area contributed by atoms with Crippen LogP contribution in [0.1, 0.15) is 64.6 Å². The zero-order valence-corrected chi connectivity index (χ0v) is 17.4. The molecule has 0 atom stereocenters. The van der Waals surface area contributed by atoms with Crippen LogP contribution < -0.4 is 5.32 Å². The van der Waals surface area contributed by atoms with Crippen LogP contribution in [-0.2, 0) is 25.8 Å². The first-order chi connectivity index (χ1) is 13.2. The molecular formula is C22H31N3OS. The SMILES string of the molecule is CCN(CC)Cc1ccc(C(=O)NCCCc2nc3c(s2)CCCC3)cc1. The lowest BCUT2D eigenvalue weighted by atomic mass is 10.0. The van der Waals surface area contributed by atoms with Gasteiger partial charge in [0.25, 0.3) is 5.91 Å². The van der Waals surface area contributed by atoms with Crippen molar-refractivity contribution in [2.75, 3.05) is 19.6 Å². The van der Waals surface area contributed by atoms with Crippen LogP contribution in [0.25, 0.3) is 0 Å². The maximum Gasteiger partial charge on any atom is 0.251 e. The second kappa shape index (κ2) is 10.00. The van der Waals surface area contributed by atoms with Gasteiger partial charge in [0, 0.05) is 30.0 Å². The van der Waals surface area contributed by atoms with E-state index in [1.54, 1.807) is 0 Å². The lowest BCUT2D eigenvalue weighted by molar-refractivity contribution is 0.0953. The molecule has 4 nitrogen and oxygen atoms in total. The molecule has 1 aromatic carbocycles. The molecule has 0 spiro atoms. The molecule has 1 aromatic heterocycles. The van der Waals surface area contributed by atoms with E-state index < -0.39 is 0 Å². The Morgan fingerprint density at radius 3 is 2.59 bits per heavy atom. The molecule has 0 bridgehead atoms. The number of aromatic nitrogens is 1. The molecule has 5 heteroatoms. The summed E-state index contributed by atoms with van der Waals surface area (Å²) >= 11 is 1.87. The van der Waals surface area contributed by atoms with Gasteiger partial charge >= 0.3 is 0 Å². The Kier molecular flexibility index (Phi) is 7.41. The van der Waals surface area contributed by atoms with Gasteiger partial charge in [-0.05, 0) is 62.9 Å². The lowest BCUT2D eigenvalue weighted by Gasteiger charge is -2.18. The van der Waals surface area contributed by atoms with Crippen molar-refractivity contribution in [3.63, 3.8) is 0 Å². The average molecular weight is 386 g/mol. The van der Waals surface area contributed by atoms with Crippen LogP contribution in [0.15, 0.2) is 24.3 Å². The highest BCUT2D eigenvalue weighted by molar-refractivity contribution is 7.11. The molecule has 0 aliphatic heterocycles. The zero-order chi connectivity index (χ0) is 19.1. The third-order valence-corrected chi connectivity index (χ3v) is 6.48. The van der Waals surface area contributed by atoms with E-state index in [1.165, 1.54) is 40.4 Å². The number of amides is 1. The molecule has 1 aliphatic carbocycles. The van der Waals surface area contributed by atoms with Gasteiger partial charge < -0.3 is 5.32 Å². The quantitative estimate of drug-likeness (QED) is 0.657. The number of thiazole rings is 1. The van der Waals surface area contributed by atoms with Crippen LogP contribution in [-0.4, -0.2) is 35.4 Å². The smallest absolute Gasteiger partial charge is 0.251 e. The van der Waals surface area contributed by atoms with E-state index in [-0.39, 0.29) is 5.91 Å². The minimum absolute atomic E-state index is 0.0165. The fraction of sp³-hybridized carbons (Fsp3) is 0.545. The summed E-state index contributed by atoms with van der Waals surface area (Å²) in [5.74, 6) is 0.0165. The number of nitrogens with one attached hydrogen (secondary N) is 1. The Balaban J connectivity index is 1.41. The highest BCUT2D eigenvalue weighted by Crippen LogP contribution is 2.27. The van der Waals surface area contributed by atoms with E-state index in [9.17, 15) is 4.79 Å². The average Bonchev–Trinajstić information content (AvgIpc) is 3.12. The first-order valence-corrected chi connectivity index (χ1v) is 11.1. The summed E-state index contributed by atoms with van der Waals surface area (Å²) in [6.45, 7) is 8.07. The molecule has 2 aromatic rings. The number of fused-ring (bicyclic) bond motifs is 1. The number of benzene rings is 1. The summed E-state index contributed by atoms with van der Waals surface area (Å²) in [5, 5.41) is 4.27. The van der Waals surface area contributed by atoms with Gasteiger partial charge in [-0.2, -0.15) is 0 Å². The van der Waals surface area contributed by atoms with Crippen LogP contribution in [0.5, 0.6) is 0 Å². The summed E-state index contributed by atoms with van der Waals surface area (Å²) in [6.07, 6.45) is 6.83. The van der Waals surface area contributed by atoms with E-state index in [0.29, 0.717) is 6.54 Å². The number of nitrogens with zero attached hydrogens (tertiary/aromatic N) is 2. The minimum atomic E-state index is 0.0165. The van der Waals surface area contributed by atoms with Gasteiger partial charge in [0.05, 0.1) is 10.7 Å². The largest absolute Gasteiger partial charge is 0.352 e. The second-order valence-electron chi connectivity index (χ2n) is 7.20. The Hall–Kier alpha value is -1.72. The van der Waals surface area contributed by atoms with E-state index in [2.05, 4.69) is 36.2 Å². The molecule has 0 saturated heterocycles. The van der Waals surface area contributed by atoms with Gasteiger partial charge in [0.1, 0.15) is 0 Å². The number of carbonyl (C=O) groups is 1. The molecule has 0 saturated carbocycles. The van der Waals surface area contributed by atoms with E-state index in [0.717, 1.165) is 44.5 Å². The number of carbonyl (C=O) groups excluding carboxylic acids is 1. The van der Waals surface area contributed by atoms with Crippen molar-refractivity contribution in [3.05, 3.63) is 51.0 Å². The van der Waals surface area contributed by atoms with Crippen molar-refractivity contribution in [2.45, 2.75) is 58.9 Å². The highest BCUT2D eigenvalue weighted by atomic mass is 32.1. The first-order valence-electron chi connectivity index (χ1n) is 10.3. The van der Waals surface area contributed by atoms with Gasteiger partial charge in [-0.3, -0.25) is 9.69 Å². The molecule has 1 aliphatic rings. The Morgan fingerprint density at radius 2 is 1.89 bits per heavy atom. The molecule has 3 rings (SSSR count).